The Balaban J connectivity index is 1.69. The molecule has 4 aromatic rings. The average Bonchev–Trinajstić information content (AvgIpc) is 3.45. The second-order valence-electron chi connectivity index (χ2n) is 9.27. The first-order chi connectivity index (χ1) is 20.3. The summed E-state index contributed by atoms with van der Waals surface area (Å²) >= 11 is 13.5. The van der Waals surface area contributed by atoms with Gasteiger partial charge in [0.25, 0.3) is 0 Å². The first-order valence-electron chi connectivity index (χ1n) is 13.0. The Bertz CT molecular complexity index is 1660. The van der Waals surface area contributed by atoms with Gasteiger partial charge in [0.1, 0.15) is 17.1 Å². The Labute approximate surface area is 250 Å². The Morgan fingerprint density at radius 1 is 1.12 bits per heavy atom. The molecular formula is C28H28Cl2N6O6. The van der Waals surface area contributed by atoms with Crippen molar-refractivity contribution in [1.82, 2.24) is 24.7 Å². The van der Waals surface area contributed by atoms with Gasteiger partial charge in [0.2, 0.25) is 11.9 Å². The molecule has 4 heterocycles. The minimum Gasteiger partial charge on any atom is -0.495 e. The first kappa shape index (κ1) is 29.4. The highest BCUT2D eigenvalue weighted by Crippen LogP contribution is 2.47. The molecule has 14 heteroatoms. The molecule has 3 aromatic heterocycles. The van der Waals surface area contributed by atoms with E-state index < -0.39 is 5.97 Å². The smallest absolute Gasteiger partial charge is 0.357 e. The van der Waals surface area contributed by atoms with Crippen molar-refractivity contribution in [2.24, 2.45) is 0 Å². The number of halogens is 2. The topological polar surface area (TPSA) is 138 Å². The molecule has 2 N–H and O–H groups in total. The Kier molecular flexibility index (Phi) is 8.66. The fourth-order valence-electron chi connectivity index (χ4n) is 4.82. The van der Waals surface area contributed by atoms with Crippen molar-refractivity contribution in [3.8, 4) is 22.6 Å². The van der Waals surface area contributed by atoms with Crippen LogP contribution in [0.25, 0.3) is 27.8 Å². The van der Waals surface area contributed by atoms with E-state index in [9.17, 15) is 9.59 Å². The molecule has 5 rings (SSSR count). The van der Waals surface area contributed by atoms with Crippen LogP contribution < -0.4 is 20.1 Å². The molecule has 0 aliphatic carbocycles. The van der Waals surface area contributed by atoms with Crippen molar-refractivity contribution < 1.29 is 28.5 Å². The highest BCUT2D eigenvalue weighted by Gasteiger charge is 2.29. The summed E-state index contributed by atoms with van der Waals surface area (Å²) in [4.78, 5) is 38.8. The van der Waals surface area contributed by atoms with E-state index in [0.717, 1.165) is 0 Å². The van der Waals surface area contributed by atoms with E-state index >= 15 is 0 Å². The molecule has 2 atom stereocenters. The fraction of sp³-hybridized carbons (Fsp3) is 0.321. The van der Waals surface area contributed by atoms with Gasteiger partial charge < -0.3 is 29.6 Å². The number of fused-ring (bicyclic) bond motifs is 3. The number of esters is 1. The van der Waals surface area contributed by atoms with Crippen LogP contribution in [0, 0.1) is 0 Å². The van der Waals surface area contributed by atoms with Gasteiger partial charge in [-0.25, -0.2) is 14.8 Å². The number of hydrogen-bond donors (Lipinski definition) is 2. The number of amides is 1. The maximum absolute atomic E-state index is 13.0. The Morgan fingerprint density at radius 2 is 1.86 bits per heavy atom. The van der Waals surface area contributed by atoms with E-state index in [1.54, 1.807) is 29.7 Å². The van der Waals surface area contributed by atoms with Gasteiger partial charge in [0, 0.05) is 35.4 Å². The summed E-state index contributed by atoms with van der Waals surface area (Å²) in [5, 5.41) is 7.19. The van der Waals surface area contributed by atoms with Crippen LogP contribution in [0.1, 0.15) is 23.8 Å². The van der Waals surface area contributed by atoms with Crippen molar-refractivity contribution in [2.45, 2.75) is 25.4 Å². The molecule has 220 valence electrons. The van der Waals surface area contributed by atoms with E-state index in [1.165, 1.54) is 26.5 Å². The zero-order chi connectivity index (χ0) is 30.0. The second-order valence-corrected chi connectivity index (χ2v) is 10.0. The highest BCUT2D eigenvalue weighted by molar-refractivity contribution is 6.41. The molecule has 1 amide bonds. The quantitative estimate of drug-likeness (QED) is 0.207. The summed E-state index contributed by atoms with van der Waals surface area (Å²) in [7, 11) is 2.96. The lowest BCUT2D eigenvalue weighted by atomic mass is 10.0. The van der Waals surface area contributed by atoms with Gasteiger partial charge >= 0.3 is 5.97 Å². The van der Waals surface area contributed by atoms with E-state index in [1.807, 2.05) is 0 Å². The van der Waals surface area contributed by atoms with Gasteiger partial charge in [-0.3, -0.25) is 9.20 Å². The maximum atomic E-state index is 13.0. The lowest BCUT2D eigenvalue weighted by Crippen LogP contribution is -2.52. The van der Waals surface area contributed by atoms with Gasteiger partial charge in [-0.05, 0) is 25.5 Å². The molecular weight excluding hydrogens is 587 g/mol. The number of imidazole rings is 1. The standard InChI is InChI=1S/C28H28Cl2N6O6/c1-5-21(37)33-16-7-8-41-13-17(16)34-28-32-11-14-9-15(22-23(29)19(39-3)10-20(40-4)24(22)30)26-31-12-18(27(38)42-6-2)36(26)25(14)35-28/h5,9-12,16-17H,1,6-8,13H2,2-4H3,(H,33,37)(H,32,34,35)/t16-,17+/m0/s1. The molecule has 0 radical (unpaired) electrons. The third-order valence-electron chi connectivity index (χ3n) is 6.82. The minimum atomic E-state index is -0.593. The molecule has 12 nitrogen and oxygen atoms in total. The van der Waals surface area contributed by atoms with E-state index in [0.29, 0.717) is 58.9 Å². The van der Waals surface area contributed by atoms with E-state index in [2.05, 4.69) is 27.2 Å². The summed E-state index contributed by atoms with van der Waals surface area (Å²) < 4.78 is 23.4. The third kappa shape index (κ3) is 5.40. The molecule has 1 fully saturated rings. The summed E-state index contributed by atoms with van der Waals surface area (Å²) in [6.07, 6.45) is 4.82. The van der Waals surface area contributed by atoms with Crippen LogP contribution in [0.5, 0.6) is 11.5 Å². The number of aromatic nitrogens is 4. The van der Waals surface area contributed by atoms with Crippen molar-refractivity contribution in [1.29, 1.82) is 0 Å². The zero-order valence-corrected chi connectivity index (χ0v) is 24.6. The van der Waals surface area contributed by atoms with Gasteiger partial charge in [0.15, 0.2) is 11.3 Å². The number of carbonyl (C=O) groups excluding carboxylic acids is 2. The van der Waals surface area contributed by atoms with Crippen molar-refractivity contribution in [2.75, 3.05) is 39.4 Å². The molecule has 1 aromatic carbocycles. The minimum absolute atomic E-state index is 0.141. The van der Waals surface area contributed by atoms with Crippen LogP contribution in [-0.4, -0.2) is 77.4 Å². The third-order valence-corrected chi connectivity index (χ3v) is 7.57. The number of nitrogens with one attached hydrogen (secondary N) is 2. The number of carbonyl (C=O) groups is 2. The average molecular weight is 615 g/mol. The second kappa shape index (κ2) is 12.4. The van der Waals surface area contributed by atoms with Crippen LogP contribution in [0.4, 0.5) is 5.95 Å². The SMILES string of the molecule is C=CC(=O)N[C@H]1CCOC[C@H]1Nc1ncc2cc(-c3c(Cl)c(OC)cc(OC)c3Cl)c3ncc(C(=O)OCC)n3c2n1. The Morgan fingerprint density at radius 3 is 2.52 bits per heavy atom. The number of ether oxygens (including phenoxy) is 4. The number of nitrogens with zero attached hydrogens (tertiary/aromatic N) is 4. The van der Waals surface area contributed by atoms with Crippen molar-refractivity contribution >= 4 is 57.7 Å². The van der Waals surface area contributed by atoms with Gasteiger partial charge in [-0.1, -0.05) is 29.8 Å². The van der Waals surface area contributed by atoms with Gasteiger partial charge in [-0.15, -0.1) is 0 Å². The normalized spacial score (nSPS) is 16.7. The lowest BCUT2D eigenvalue weighted by molar-refractivity contribution is -0.117. The molecule has 0 unspecified atom stereocenters. The highest BCUT2D eigenvalue weighted by atomic mass is 35.5. The number of benzene rings is 1. The van der Waals surface area contributed by atoms with Crippen LogP contribution in [0.3, 0.4) is 0 Å². The van der Waals surface area contributed by atoms with Crippen LogP contribution in [-0.2, 0) is 14.3 Å². The summed E-state index contributed by atoms with van der Waals surface area (Å²) in [6.45, 7) is 6.22. The van der Waals surface area contributed by atoms with Crippen molar-refractivity contribution in [3.63, 3.8) is 0 Å². The predicted molar refractivity (Wildman–Crippen MR) is 158 cm³/mol. The molecule has 1 aliphatic heterocycles. The molecule has 42 heavy (non-hydrogen) atoms. The van der Waals surface area contributed by atoms with E-state index in [-0.39, 0.29) is 46.3 Å². The number of hydrogen-bond acceptors (Lipinski definition) is 10. The number of rotatable bonds is 9. The largest absolute Gasteiger partial charge is 0.495 e. The molecule has 0 saturated carbocycles. The molecule has 1 aliphatic rings. The number of pyridine rings is 1. The predicted octanol–water partition coefficient (Wildman–Crippen LogP) is 4.32. The van der Waals surface area contributed by atoms with Crippen LogP contribution >= 0.6 is 23.2 Å². The molecule has 0 spiro atoms. The van der Waals surface area contributed by atoms with Crippen molar-refractivity contribution in [3.05, 3.63) is 52.9 Å². The summed E-state index contributed by atoms with van der Waals surface area (Å²) in [5.74, 6) is 0.0580. The number of methoxy groups -OCH3 is 2. The Hall–Kier alpha value is -4.13. The molecule has 1 saturated heterocycles. The van der Waals surface area contributed by atoms with E-state index in [4.69, 9.17) is 47.1 Å². The van der Waals surface area contributed by atoms with Crippen LogP contribution in [0.15, 0.2) is 37.2 Å². The summed E-state index contributed by atoms with van der Waals surface area (Å²) in [5.41, 5.74) is 1.73. The maximum Gasteiger partial charge on any atom is 0.357 e. The monoisotopic (exact) mass is 614 g/mol. The fourth-order valence-corrected chi connectivity index (χ4v) is 5.53. The van der Waals surface area contributed by atoms with Crippen LogP contribution in [0.2, 0.25) is 10.0 Å². The number of anilines is 1. The first-order valence-corrected chi connectivity index (χ1v) is 13.8. The summed E-state index contributed by atoms with van der Waals surface area (Å²) in [6, 6.07) is 2.81. The lowest BCUT2D eigenvalue weighted by Gasteiger charge is -2.32. The zero-order valence-electron chi connectivity index (χ0n) is 23.1. The van der Waals surface area contributed by atoms with Gasteiger partial charge in [-0.2, -0.15) is 4.98 Å². The van der Waals surface area contributed by atoms with Gasteiger partial charge in [0.05, 0.1) is 55.8 Å². The molecule has 0 bridgehead atoms.